The molecule has 0 aliphatic rings. The maximum Gasteiger partial charge on any atom is 0.271 e. The Morgan fingerprint density at radius 2 is 2.14 bits per heavy atom. The molecule has 0 unspecified atom stereocenters. The highest BCUT2D eigenvalue weighted by Crippen LogP contribution is 2.26. The van der Waals surface area contributed by atoms with E-state index in [1.165, 1.54) is 30.4 Å². The summed E-state index contributed by atoms with van der Waals surface area (Å²) in [5.74, 6) is 0.880. The molecular weight excluding hydrogens is 296 g/mol. The predicted molar refractivity (Wildman–Crippen MR) is 79.2 cm³/mol. The Bertz CT molecular complexity index is 722. The topological polar surface area (TPSA) is 85.4 Å². The molecule has 0 aliphatic heterocycles. The van der Waals surface area contributed by atoms with Gasteiger partial charge >= 0.3 is 0 Å². The second kappa shape index (κ2) is 6.23. The summed E-state index contributed by atoms with van der Waals surface area (Å²) in [6, 6.07) is 7.34. The lowest BCUT2D eigenvalue weighted by Crippen LogP contribution is -2.08. The number of nitrogens with zero attached hydrogens (tertiary/aromatic N) is 1. The predicted octanol–water partition coefficient (Wildman–Crippen LogP) is 3.80. The van der Waals surface area contributed by atoms with Crippen LogP contribution >= 0.6 is 11.6 Å². The standard InChI is InChI=1S/C14H11ClN2O4/c1-9-2-4-11(21-9)5-7-14(18)16-13-6-3-10(17(19)20)8-12(13)15/h2-8H,1H3,(H,16,18). The van der Waals surface area contributed by atoms with Crippen LogP contribution in [-0.4, -0.2) is 10.8 Å². The zero-order valence-electron chi connectivity index (χ0n) is 11.0. The molecule has 1 heterocycles. The van der Waals surface area contributed by atoms with Gasteiger partial charge in [0.2, 0.25) is 5.91 Å². The second-order valence-electron chi connectivity index (χ2n) is 4.19. The first kappa shape index (κ1) is 14.8. The van der Waals surface area contributed by atoms with Crippen molar-refractivity contribution in [1.29, 1.82) is 0 Å². The van der Waals surface area contributed by atoms with Gasteiger partial charge in [0.1, 0.15) is 11.5 Å². The van der Waals surface area contributed by atoms with Gasteiger partial charge < -0.3 is 9.73 Å². The lowest BCUT2D eigenvalue weighted by Gasteiger charge is -2.04. The van der Waals surface area contributed by atoms with Crippen molar-refractivity contribution in [3.05, 3.63) is 63.1 Å². The normalized spacial score (nSPS) is 10.8. The van der Waals surface area contributed by atoms with E-state index in [2.05, 4.69) is 5.32 Å². The Balaban J connectivity index is 2.06. The number of amides is 1. The summed E-state index contributed by atoms with van der Waals surface area (Å²) in [5.41, 5.74) is 0.159. The van der Waals surface area contributed by atoms with Gasteiger partial charge in [0.25, 0.3) is 5.69 Å². The summed E-state index contributed by atoms with van der Waals surface area (Å²) < 4.78 is 5.28. The highest BCUT2D eigenvalue weighted by molar-refractivity contribution is 6.34. The molecule has 0 fully saturated rings. The number of non-ortho nitro benzene ring substituents is 1. The number of benzene rings is 1. The third-order valence-corrected chi connectivity index (χ3v) is 2.89. The monoisotopic (exact) mass is 306 g/mol. The smallest absolute Gasteiger partial charge is 0.271 e. The minimum atomic E-state index is -0.559. The highest BCUT2D eigenvalue weighted by Gasteiger charge is 2.10. The van der Waals surface area contributed by atoms with E-state index >= 15 is 0 Å². The van der Waals surface area contributed by atoms with Crippen LogP contribution in [0.3, 0.4) is 0 Å². The molecule has 0 spiro atoms. The van der Waals surface area contributed by atoms with Gasteiger partial charge in [0, 0.05) is 18.2 Å². The lowest BCUT2D eigenvalue weighted by atomic mass is 10.2. The third-order valence-electron chi connectivity index (χ3n) is 2.58. The van der Waals surface area contributed by atoms with Crippen LogP contribution in [0.15, 0.2) is 40.8 Å². The fraction of sp³-hybridized carbons (Fsp3) is 0.0714. The van der Waals surface area contributed by atoms with E-state index in [1.54, 1.807) is 19.1 Å². The van der Waals surface area contributed by atoms with Crippen molar-refractivity contribution in [2.45, 2.75) is 6.92 Å². The van der Waals surface area contributed by atoms with E-state index in [0.29, 0.717) is 11.4 Å². The van der Waals surface area contributed by atoms with Crippen LogP contribution in [0, 0.1) is 17.0 Å². The number of furan rings is 1. The van der Waals surface area contributed by atoms with Crippen LogP contribution in [0.5, 0.6) is 0 Å². The average molecular weight is 307 g/mol. The van der Waals surface area contributed by atoms with E-state index in [9.17, 15) is 14.9 Å². The number of anilines is 1. The van der Waals surface area contributed by atoms with Gasteiger partial charge in [-0.25, -0.2) is 0 Å². The molecular formula is C14H11ClN2O4. The van der Waals surface area contributed by atoms with Gasteiger partial charge in [-0.05, 0) is 31.2 Å². The van der Waals surface area contributed by atoms with Gasteiger partial charge in [0.15, 0.2) is 0 Å². The van der Waals surface area contributed by atoms with E-state index in [1.807, 2.05) is 0 Å². The zero-order chi connectivity index (χ0) is 15.4. The van der Waals surface area contributed by atoms with E-state index in [0.717, 1.165) is 5.76 Å². The number of hydrogen-bond acceptors (Lipinski definition) is 4. The number of carbonyl (C=O) groups excluding carboxylic acids is 1. The molecule has 2 rings (SSSR count). The third kappa shape index (κ3) is 3.93. The fourth-order valence-electron chi connectivity index (χ4n) is 1.59. The van der Waals surface area contributed by atoms with Gasteiger partial charge in [0.05, 0.1) is 15.6 Å². The van der Waals surface area contributed by atoms with Crippen molar-refractivity contribution in [3.63, 3.8) is 0 Å². The molecule has 1 amide bonds. The van der Waals surface area contributed by atoms with Crippen molar-refractivity contribution in [2.75, 3.05) is 5.32 Å². The first-order valence-corrected chi connectivity index (χ1v) is 6.33. The number of aryl methyl sites for hydroxylation is 1. The Labute approximate surface area is 125 Å². The molecule has 0 atom stereocenters. The van der Waals surface area contributed by atoms with Gasteiger partial charge in [-0.15, -0.1) is 0 Å². The second-order valence-corrected chi connectivity index (χ2v) is 4.60. The number of hydrogen-bond donors (Lipinski definition) is 1. The largest absolute Gasteiger partial charge is 0.462 e. The van der Waals surface area contributed by atoms with Gasteiger partial charge in [-0.2, -0.15) is 0 Å². The van der Waals surface area contributed by atoms with Gasteiger partial charge in [-0.1, -0.05) is 11.6 Å². The van der Waals surface area contributed by atoms with Crippen molar-refractivity contribution < 1.29 is 14.1 Å². The quantitative estimate of drug-likeness (QED) is 0.529. The van der Waals surface area contributed by atoms with Crippen LogP contribution in [0.25, 0.3) is 6.08 Å². The molecule has 1 aromatic carbocycles. The highest BCUT2D eigenvalue weighted by atomic mass is 35.5. The fourth-order valence-corrected chi connectivity index (χ4v) is 1.82. The van der Waals surface area contributed by atoms with Crippen molar-refractivity contribution in [1.82, 2.24) is 0 Å². The van der Waals surface area contributed by atoms with Crippen LogP contribution in [-0.2, 0) is 4.79 Å². The molecule has 7 heteroatoms. The Morgan fingerprint density at radius 3 is 2.71 bits per heavy atom. The minimum absolute atomic E-state index is 0.0970. The number of carbonyl (C=O) groups is 1. The van der Waals surface area contributed by atoms with Crippen molar-refractivity contribution in [3.8, 4) is 0 Å². The van der Waals surface area contributed by atoms with Crippen LogP contribution in [0.1, 0.15) is 11.5 Å². The van der Waals surface area contributed by atoms with Crippen molar-refractivity contribution in [2.24, 2.45) is 0 Å². The lowest BCUT2D eigenvalue weighted by molar-refractivity contribution is -0.384. The van der Waals surface area contributed by atoms with Crippen molar-refractivity contribution >= 4 is 35.0 Å². The molecule has 6 nitrogen and oxygen atoms in total. The average Bonchev–Trinajstić information content (AvgIpc) is 2.84. The van der Waals surface area contributed by atoms with E-state index in [-0.39, 0.29) is 10.7 Å². The SMILES string of the molecule is Cc1ccc(C=CC(=O)Nc2ccc([N+](=O)[O-])cc2Cl)o1. The Hall–Kier alpha value is -2.60. The Kier molecular flexibility index (Phi) is 4.39. The van der Waals surface area contributed by atoms with Crippen LogP contribution in [0.2, 0.25) is 5.02 Å². The number of nitro groups is 1. The maximum atomic E-state index is 11.7. The summed E-state index contributed by atoms with van der Waals surface area (Å²) in [7, 11) is 0. The number of halogens is 1. The first-order valence-electron chi connectivity index (χ1n) is 5.95. The number of rotatable bonds is 4. The van der Waals surface area contributed by atoms with E-state index < -0.39 is 10.8 Å². The first-order chi connectivity index (χ1) is 9.95. The summed E-state index contributed by atoms with van der Waals surface area (Å²) in [5, 5.41) is 13.2. The zero-order valence-corrected chi connectivity index (χ0v) is 11.8. The molecule has 0 saturated heterocycles. The molecule has 21 heavy (non-hydrogen) atoms. The summed E-state index contributed by atoms with van der Waals surface area (Å²) in [6.07, 6.45) is 2.80. The molecule has 2 aromatic rings. The molecule has 0 radical (unpaired) electrons. The van der Waals surface area contributed by atoms with E-state index in [4.69, 9.17) is 16.0 Å². The summed E-state index contributed by atoms with van der Waals surface area (Å²) in [4.78, 5) is 21.8. The molecule has 1 aromatic heterocycles. The summed E-state index contributed by atoms with van der Waals surface area (Å²) in [6.45, 7) is 1.80. The molecule has 0 bridgehead atoms. The molecule has 0 aliphatic carbocycles. The number of nitrogens with one attached hydrogen (secondary N) is 1. The summed E-state index contributed by atoms with van der Waals surface area (Å²) >= 11 is 5.88. The van der Waals surface area contributed by atoms with Crippen LogP contribution < -0.4 is 5.32 Å². The molecule has 1 N–H and O–H groups in total. The Morgan fingerprint density at radius 1 is 1.38 bits per heavy atom. The van der Waals surface area contributed by atoms with Gasteiger partial charge in [-0.3, -0.25) is 14.9 Å². The minimum Gasteiger partial charge on any atom is -0.462 e. The van der Waals surface area contributed by atoms with Crippen LogP contribution in [0.4, 0.5) is 11.4 Å². The molecule has 0 saturated carbocycles. The number of nitro benzene ring substituents is 1. The molecule has 108 valence electrons. The maximum absolute atomic E-state index is 11.7.